The van der Waals surface area contributed by atoms with Crippen LogP contribution in [0.1, 0.15) is 39.8 Å². The van der Waals surface area contributed by atoms with Gasteiger partial charge >= 0.3 is 6.18 Å². The molecule has 2 atom stereocenters. The summed E-state index contributed by atoms with van der Waals surface area (Å²) in [5, 5.41) is 2.97. The van der Waals surface area contributed by atoms with Crippen molar-refractivity contribution in [1.82, 2.24) is 25.2 Å². The summed E-state index contributed by atoms with van der Waals surface area (Å²) >= 11 is 6.25. The number of carbonyl (C=O) groups excluding carboxylic acids is 2. The maximum Gasteiger partial charge on any atom is 0.418 e. The standard InChI is InChI=1S/C22H19ClF3N5O2/c1-12-11-31(21(33)13-9-15(23)19-17(10-13)27-6-7-29-19)8-4-16(12)30-20(32)18-14(22(24,25)26)3-2-5-28-18/h2-3,5-7,9-10,12,16H,4,8,11H2,1H3,(H,30,32)/t12-,16-/m0/s1. The number of rotatable bonds is 3. The fourth-order valence-corrected chi connectivity index (χ4v) is 4.20. The van der Waals surface area contributed by atoms with E-state index in [1.165, 1.54) is 12.4 Å². The van der Waals surface area contributed by atoms with E-state index < -0.39 is 29.4 Å². The predicted molar refractivity (Wildman–Crippen MR) is 115 cm³/mol. The number of fused-ring (bicyclic) bond motifs is 1. The molecule has 3 aromatic rings. The van der Waals surface area contributed by atoms with Crippen LogP contribution < -0.4 is 5.32 Å². The van der Waals surface area contributed by atoms with E-state index in [0.717, 1.165) is 18.3 Å². The number of halogens is 4. The van der Waals surface area contributed by atoms with E-state index in [1.54, 1.807) is 17.0 Å². The van der Waals surface area contributed by atoms with Crippen LogP contribution in [0.3, 0.4) is 0 Å². The Bertz CT molecular complexity index is 1220. The number of aromatic nitrogens is 3. The van der Waals surface area contributed by atoms with Crippen molar-refractivity contribution < 1.29 is 22.8 Å². The molecule has 1 aromatic carbocycles. The van der Waals surface area contributed by atoms with Crippen LogP contribution in [0.4, 0.5) is 13.2 Å². The maximum atomic E-state index is 13.2. The Morgan fingerprint density at radius 1 is 1.15 bits per heavy atom. The Labute approximate surface area is 192 Å². The molecule has 0 unspecified atom stereocenters. The smallest absolute Gasteiger partial charge is 0.348 e. The average molecular weight is 478 g/mol. The second kappa shape index (κ2) is 8.93. The summed E-state index contributed by atoms with van der Waals surface area (Å²) < 4.78 is 39.6. The van der Waals surface area contributed by atoms with Crippen molar-refractivity contribution in [2.75, 3.05) is 13.1 Å². The average Bonchev–Trinajstić information content (AvgIpc) is 2.79. The molecule has 172 valence electrons. The lowest BCUT2D eigenvalue weighted by Crippen LogP contribution is -2.51. The summed E-state index contributed by atoms with van der Waals surface area (Å²) in [5.41, 5.74) is -0.384. The van der Waals surface area contributed by atoms with E-state index in [1.807, 2.05) is 6.92 Å². The molecule has 2 amide bonds. The number of hydrogen-bond donors (Lipinski definition) is 1. The molecular formula is C22H19ClF3N5O2. The number of hydrogen-bond acceptors (Lipinski definition) is 5. The molecule has 0 aliphatic carbocycles. The number of pyridine rings is 1. The number of alkyl halides is 3. The van der Waals surface area contributed by atoms with Crippen molar-refractivity contribution in [3.05, 3.63) is 64.7 Å². The quantitative estimate of drug-likeness (QED) is 0.616. The molecule has 0 bridgehead atoms. The molecule has 1 saturated heterocycles. The van der Waals surface area contributed by atoms with Crippen LogP contribution in [0.15, 0.2) is 42.9 Å². The first-order chi connectivity index (χ1) is 15.6. The summed E-state index contributed by atoms with van der Waals surface area (Å²) in [6.07, 6.45) is -0.135. The highest BCUT2D eigenvalue weighted by atomic mass is 35.5. The van der Waals surface area contributed by atoms with Crippen LogP contribution in [0.2, 0.25) is 5.02 Å². The van der Waals surface area contributed by atoms with Gasteiger partial charge in [0.25, 0.3) is 11.8 Å². The molecule has 1 N–H and O–H groups in total. The van der Waals surface area contributed by atoms with E-state index in [0.29, 0.717) is 41.1 Å². The molecule has 11 heteroatoms. The van der Waals surface area contributed by atoms with Gasteiger partial charge in [-0.3, -0.25) is 24.5 Å². The van der Waals surface area contributed by atoms with Gasteiger partial charge in [0.1, 0.15) is 11.2 Å². The molecule has 4 rings (SSSR count). The lowest BCUT2D eigenvalue weighted by Gasteiger charge is -2.37. The van der Waals surface area contributed by atoms with Gasteiger partial charge in [-0.15, -0.1) is 0 Å². The van der Waals surface area contributed by atoms with Crippen LogP contribution in [0, 0.1) is 5.92 Å². The van der Waals surface area contributed by atoms with Crippen molar-refractivity contribution in [2.45, 2.75) is 25.6 Å². The number of nitrogens with one attached hydrogen (secondary N) is 1. The monoisotopic (exact) mass is 477 g/mol. The van der Waals surface area contributed by atoms with Gasteiger partial charge < -0.3 is 10.2 Å². The Morgan fingerprint density at radius 2 is 1.91 bits per heavy atom. The van der Waals surface area contributed by atoms with Crippen LogP contribution in [-0.4, -0.2) is 50.8 Å². The van der Waals surface area contributed by atoms with E-state index in [-0.39, 0.29) is 11.8 Å². The SMILES string of the molecule is C[C@H]1CN(C(=O)c2cc(Cl)c3nccnc3c2)CC[C@@H]1NC(=O)c1ncccc1C(F)(F)F. The van der Waals surface area contributed by atoms with E-state index in [4.69, 9.17) is 11.6 Å². The highest BCUT2D eigenvalue weighted by Gasteiger charge is 2.37. The number of carbonyl (C=O) groups is 2. The maximum absolute atomic E-state index is 13.2. The van der Waals surface area contributed by atoms with Crippen molar-refractivity contribution in [3.63, 3.8) is 0 Å². The zero-order chi connectivity index (χ0) is 23.8. The minimum atomic E-state index is -4.69. The van der Waals surface area contributed by atoms with Gasteiger partial charge in [0.15, 0.2) is 0 Å². The minimum absolute atomic E-state index is 0.194. The Hall–Kier alpha value is -3.27. The highest BCUT2D eigenvalue weighted by molar-refractivity contribution is 6.35. The summed E-state index contributed by atoms with van der Waals surface area (Å²) in [7, 11) is 0. The molecular weight excluding hydrogens is 459 g/mol. The van der Waals surface area contributed by atoms with Crippen LogP contribution >= 0.6 is 11.6 Å². The normalized spacial score (nSPS) is 18.9. The molecule has 0 saturated carbocycles. The van der Waals surface area contributed by atoms with Crippen LogP contribution in [0.25, 0.3) is 11.0 Å². The summed E-state index contributed by atoms with van der Waals surface area (Å²) in [6.45, 7) is 2.46. The van der Waals surface area contributed by atoms with Gasteiger partial charge in [0, 0.05) is 43.3 Å². The first-order valence-electron chi connectivity index (χ1n) is 10.2. The third-order valence-electron chi connectivity index (χ3n) is 5.61. The minimum Gasteiger partial charge on any atom is -0.348 e. The van der Waals surface area contributed by atoms with Gasteiger partial charge in [-0.05, 0) is 36.6 Å². The molecule has 0 spiro atoms. The number of likely N-dealkylation sites (tertiary alicyclic amines) is 1. The summed E-state index contributed by atoms with van der Waals surface area (Å²) in [6, 6.07) is 4.71. The summed E-state index contributed by atoms with van der Waals surface area (Å²) in [5.74, 6) is -1.33. The fraction of sp³-hybridized carbons (Fsp3) is 0.318. The predicted octanol–water partition coefficient (Wildman–Crippen LogP) is 3.98. The topological polar surface area (TPSA) is 88.1 Å². The Balaban J connectivity index is 1.45. The largest absolute Gasteiger partial charge is 0.418 e. The van der Waals surface area contributed by atoms with E-state index in [2.05, 4.69) is 20.3 Å². The first kappa shape index (κ1) is 22.9. The molecule has 33 heavy (non-hydrogen) atoms. The van der Waals surface area contributed by atoms with Crippen molar-refractivity contribution in [3.8, 4) is 0 Å². The first-order valence-corrected chi connectivity index (χ1v) is 10.6. The van der Waals surface area contributed by atoms with Gasteiger partial charge in [-0.2, -0.15) is 13.2 Å². The fourth-order valence-electron chi connectivity index (χ4n) is 3.93. The Morgan fingerprint density at radius 3 is 2.64 bits per heavy atom. The van der Waals surface area contributed by atoms with Crippen molar-refractivity contribution >= 4 is 34.4 Å². The third kappa shape index (κ3) is 4.75. The second-order valence-electron chi connectivity index (χ2n) is 7.88. The van der Waals surface area contributed by atoms with Gasteiger partial charge in [0.05, 0.1) is 16.1 Å². The molecule has 1 aliphatic rings. The number of nitrogens with zero attached hydrogens (tertiary/aromatic N) is 4. The zero-order valence-corrected chi connectivity index (χ0v) is 18.2. The molecule has 2 aromatic heterocycles. The van der Waals surface area contributed by atoms with Crippen molar-refractivity contribution in [2.24, 2.45) is 5.92 Å². The lowest BCUT2D eigenvalue weighted by atomic mass is 9.93. The van der Waals surface area contributed by atoms with Crippen LogP contribution in [-0.2, 0) is 6.18 Å². The highest BCUT2D eigenvalue weighted by Crippen LogP contribution is 2.31. The van der Waals surface area contributed by atoms with E-state index in [9.17, 15) is 22.8 Å². The number of piperidine rings is 1. The second-order valence-corrected chi connectivity index (χ2v) is 8.28. The molecule has 1 fully saturated rings. The molecule has 3 heterocycles. The molecule has 0 radical (unpaired) electrons. The zero-order valence-electron chi connectivity index (χ0n) is 17.4. The summed E-state index contributed by atoms with van der Waals surface area (Å²) in [4.78, 5) is 39.2. The molecule has 7 nitrogen and oxygen atoms in total. The van der Waals surface area contributed by atoms with Crippen LogP contribution in [0.5, 0.6) is 0 Å². The Kier molecular flexibility index (Phi) is 6.20. The van der Waals surface area contributed by atoms with Gasteiger partial charge in [-0.25, -0.2) is 0 Å². The van der Waals surface area contributed by atoms with Gasteiger partial charge in [0.2, 0.25) is 0 Å². The van der Waals surface area contributed by atoms with E-state index >= 15 is 0 Å². The molecule has 1 aliphatic heterocycles. The van der Waals surface area contributed by atoms with Crippen molar-refractivity contribution in [1.29, 1.82) is 0 Å². The van der Waals surface area contributed by atoms with Gasteiger partial charge in [-0.1, -0.05) is 18.5 Å². The third-order valence-corrected chi connectivity index (χ3v) is 5.90. The lowest BCUT2D eigenvalue weighted by molar-refractivity contribution is -0.138. The number of amides is 2. The number of benzene rings is 1.